The van der Waals surface area contributed by atoms with E-state index in [1.807, 2.05) is 53.4 Å². The first-order valence-corrected chi connectivity index (χ1v) is 12.0. The first-order valence-electron chi connectivity index (χ1n) is 12.0. The van der Waals surface area contributed by atoms with Gasteiger partial charge in [0, 0.05) is 31.0 Å². The summed E-state index contributed by atoms with van der Waals surface area (Å²) in [6.07, 6.45) is 7.25. The van der Waals surface area contributed by atoms with Crippen LogP contribution >= 0.6 is 0 Å². The third kappa shape index (κ3) is 4.38. The van der Waals surface area contributed by atoms with E-state index in [4.69, 9.17) is 4.74 Å². The number of benzene rings is 2. The minimum Gasteiger partial charge on any atom is -0.487 e. The van der Waals surface area contributed by atoms with Gasteiger partial charge < -0.3 is 15.0 Å². The highest BCUT2D eigenvalue weighted by Crippen LogP contribution is 2.47. The SMILES string of the molecule is O=C(NC1CC2(CCCC2)Oc2ccccc21)C1CCN(C(=O)Cc2ccccc2)CC1. The normalized spacial score (nSPS) is 22.2. The fraction of sp³-hybridized carbons (Fsp3) is 0.481. The van der Waals surface area contributed by atoms with Crippen LogP contribution in [0.25, 0.3) is 0 Å². The van der Waals surface area contributed by atoms with Gasteiger partial charge in [-0.2, -0.15) is 0 Å². The highest BCUT2D eigenvalue weighted by molar-refractivity contribution is 5.81. The van der Waals surface area contributed by atoms with Crippen LogP contribution in [0.5, 0.6) is 5.75 Å². The monoisotopic (exact) mass is 432 g/mol. The number of hydrogen-bond acceptors (Lipinski definition) is 3. The molecular weight excluding hydrogens is 400 g/mol. The van der Waals surface area contributed by atoms with Gasteiger partial charge in [-0.25, -0.2) is 0 Å². The van der Waals surface area contributed by atoms with Crippen molar-refractivity contribution in [2.75, 3.05) is 13.1 Å². The summed E-state index contributed by atoms with van der Waals surface area (Å²) < 4.78 is 6.43. The average molecular weight is 433 g/mol. The van der Waals surface area contributed by atoms with Crippen molar-refractivity contribution in [1.29, 1.82) is 0 Å². The van der Waals surface area contributed by atoms with Crippen molar-refractivity contribution < 1.29 is 14.3 Å². The maximum atomic E-state index is 13.2. The molecule has 1 N–H and O–H groups in total. The van der Waals surface area contributed by atoms with Crippen LogP contribution in [0, 0.1) is 5.92 Å². The van der Waals surface area contributed by atoms with Gasteiger partial charge in [0.25, 0.3) is 0 Å². The molecule has 1 atom stereocenters. The Hall–Kier alpha value is -2.82. The largest absolute Gasteiger partial charge is 0.487 e. The Morgan fingerprint density at radius 3 is 2.41 bits per heavy atom. The molecule has 32 heavy (non-hydrogen) atoms. The van der Waals surface area contributed by atoms with Crippen LogP contribution in [0.1, 0.15) is 62.1 Å². The Kier molecular flexibility index (Phi) is 5.90. The standard InChI is InChI=1S/C27H32N2O3/c30-25(18-20-8-2-1-3-9-20)29-16-12-21(13-17-29)26(31)28-23-19-27(14-6-7-15-27)32-24-11-5-4-10-22(23)24/h1-5,8-11,21,23H,6-7,12-19H2,(H,28,31). The van der Waals surface area contributed by atoms with E-state index in [-0.39, 0.29) is 29.4 Å². The summed E-state index contributed by atoms with van der Waals surface area (Å²) in [5, 5.41) is 3.36. The average Bonchev–Trinajstić information content (AvgIpc) is 3.27. The van der Waals surface area contributed by atoms with E-state index < -0.39 is 0 Å². The van der Waals surface area contributed by atoms with Gasteiger partial charge in [0.15, 0.2) is 0 Å². The van der Waals surface area contributed by atoms with E-state index in [0.717, 1.165) is 49.0 Å². The molecule has 1 unspecified atom stereocenters. The molecule has 1 spiro atoms. The first kappa shape index (κ1) is 21.0. The summed E-state index contributed by atoms with van der Waals surface area (Å²) in [6.45, 7) is 1.30. The van der Waals surface area contributed by atoms with Crippen LogP contribution in [0.3, 0.4) is 0 Å². The lowest BCUT2D eigenvalue weighted by Gasteiger charge is -2.41. The Bertz CT molecular complexity index is 960. The van der Waals surface area contributed by atoms with Crippen LogP contribution in [0.4, 0.5) is 0 Å². The molecule has 2 aromatic carbocycles. The molecule has 1 aliphatic carbocycles. The van der Waals surface area contributed by atoms with Gasteiger partial charge in [0.2, 0.25) is 11.8 Å². The van der Waals surface area contributed by atoms with Gasteiger partial charge in [-0.3, -0.25) is 9.59 Å². The number of likely N-dealkylation sites (tertiary alicyclic amines) is 1. The zero-order chi connectivity index (χ0) is 22.0. The Morgan fingerprint density at radius 1 is 0.969 bits per heavy atom. The van der Waals surface area contributed by atoms with E-state index in [1.54, 1.807) is 0 Å². The zero-order valence-corrected chi connectivity index (χ0v) is 18.6. The highest BCUT2D eigenvalue weighted by Gasteiger charge is 2.43. The molecule has 2 heterocycles. The third-order valence-corrected chi connectivity index (χ3v) is 7.44. The lowest BCUT2D eigenvalue weighted by atomic mass is 9.85. The second-order valence-corrected chi connectivity index (χ2v) is 9.61. The maximum absolute atomic E-state index is 13.2. The van der Waals surface area contributed by atoms with Crippen LogP contribution in [0.2, 0.25) is 0 Å². The molecule has 0 aromatic heterocycles. The molecule has 0 radical (unpaired) electrons. The number of para-hydroxylation sites is 1. The summed E-state index contributed by atoms with van der Waals surface area (Å²) in [4.78, 5) is 27.8. The summed E-state index contributed by atoms with van der Waals surface area (Å²) >= 11 is 0. The molecule has 2 amide bonds. The third-order valence-electron chi connectivity index (χ3n) is 7.44. The molecule has 0 bridgehead atoms. The molecule has 5 nitrogen and oxygen atoms in total. The molecule has 1 saturated carbocycles. The van der Waals surface area contributed by atoms with Crippen molar-refractivity contribution in [2.24, 2.45) is 5.92 Å². The molecule has 1 saturated heterocycles. The minimum absolute atomic E-state index is 0.00305. The Morgan fingerprint density at radius 2 is 1.66 bits per heavy atom. The van der Waals surface area contributed by atoms with Gasteiger partial charge >= 0.3 is 0 Å². The van der Waals surface area contributed by atoms with Crippen LogP contribution in [-0.2, 0) is 16.0 Å². The van der Waals surface area contributed by atoms with Crippen molar-refractivity contribution in [3.8, 4) is 5.75 Å². The smallest absolute Gasteiger partial charge is 0.226 e. The van der Waals surface area contributed by atoms with E-state index in [2.05, 4.69) is 11.4 Å². The number of hydrogen-bond donors (Lipinski definition) is 1. The van der Waals surface area contributed by atoms with Crippen molar-refractivity contribution in [3.63, 3.8) is 0 Å². The number of amides is 2. The maximum Gasteiger partial charge on any atom is 0.226 e. The zero-order valence-electron chi connectivity index (χ0n) is 18.6. The fourth-order valence-corrected chi connectivity index (χ4v) is 5.64. The second-order valence-electron chi connectivity index (χ2n) is 9.61. The van der Waals surface area contributed by atoms with E-state index >= 15 is 0 Å². The fourth-order valence-electron chi connectivity index (χ4n) is 5.64. The van der Waals surface area contributed by atoms with Gasteiger partial charge in [0.1, 0.15) is 11.4 Å². The lowest BCUT2D eigenvalue weighted by Crippen LogP contribution is -2.47. The van der Waals surface area contributed by atoms with Crippen molar-refractivity contribution in [3.05, 3.63) is 65.7 Å². The van der Waals surface area contributed by atoms with Crippen molar-refractivity contribution >= 4 is 11.8 Å². The summed E-state index contributed by atoms with van der Waals surface area (Å²) in [5.74, 6) is 1.16. The van der Waals surface area contributed by atoms with Crippen molar-refractivity contribution in [2.45, 2.75) is 63.0 Å². The van der Waals surface area contributed by atoms with Gasteiger partial charge in [0.05, 0.1) is 12.5 Å². The highest BCUT2D eigenvalue weighted by atomic mass is 16.5. The van der Waals surface area contributed by atoms with Crippen molar-refractivity contribution in [1.82, 2.24) is 10.2 Å². The quantitative estimate of drug-likeness (QED) is 0.778. The van der Waals surface area contributed by atoms with Crippen LogP contribution in [0.15, 0.2) is 54.6 Å². The lowest BCUT2D eigenvalue weighted by molar-refractivity contribution is -0.135. The molecular formula is C27H32N2O3. The topological polar surface area (TPSA) is 58.6 Å². The molecule has 3 aliphatic rings. The predicted molar refractivity (Wildman–Crippen MR) is 123 cm³/mol. The first-order chi connectivity index (χ1) is 15.6. The molecule has 168 valence electrons. The molecule has 2 aliphatic heterocycles. The molecule has 2 fully saturated rings. The van der Waals surface area contributed by atoms with Gasteiger partial charge in [-0.05, 0) is 50.2 Å². The van der Waals surface area contributed by atoms with Gasteiger partial charge in [-0.15, -0.1) is 0 Å². The van der Waals surface area contributed by atoms with Gasteiger partial charge in [-0.1, -0.05) is 48.5 Å². The number of carbonyl (C=O) groups is 2. The summed E-state index contributed by atoms with van der Waals surface area (Å²) in [7, 11) is 0. The van der Waals surface area contributed by atoms with E-state index in [1.165, 1.54) is 12.8 Å². The Labute approximate surface area is 190 Å². The number of nitrogens with one attached hydrogen (secondary N) is 1. The number of ether oxygens (including phenoxy) is 1. The van der Waals surface area contributed by atoms with E-state index in [9.17, 15) is 9.59 Å². The summed E-state index contributed by atoms with van der Waals surface area (Å²) in [6, 6.07) is 18.0. The molecule has 5 heteroatoms. The second kappa shape index (κ2) is 8.97. The van der Waals surface area contributed by atoms with E-state index in [0.29, 0.717) is 19.5 Å². The van der Waals surface area contributed by atoms with Crippen LogP contribution < -0.4 is 10.1 Å². The molecule has 2 aromatic rings. The predicted octanol–water partition coefficient (Wildman–Crippen LogP) is 4.42. The number of piperidine rings is 1. The Balaban J connectivity index is 1.19. The molecule has 5 rings (SSSR count). The number of carbonyl (C=O) groups excluding carboxylic acids is 2. The summed E-state index contributed by atoms with van der Waals surface area (Å²) in [5.41, 5.74) is 2.00. The minimum atomic E-state index is -0.125. The number of rotatable bonds is 4. The number of fused-ring (bicyclic) bond motifs is 1. The number of nitrogens with zero attached hydrogens (tertiary/aromatic N) is 1. The van der Waals surface area contributed by atoms with Crippen LogP contribution in [-0.4, -0.2) is 35.4 Å².